The maximum absolute atomic E-state index is 2.54. The topological polar surface area (TPSA) is 9.86 Å². The number of rotatable bonds is 2. The van der Waals surface area contributed by atoms with E-state index in [4.69, 9.17) is 0 Å². The molecule has 0 saturated carbocycles. The summed E-state index contributed by atoms with van der Waals surface area (Å²) in [5.74, 6) is 0. The molecule has 2 aliphatic rings. The van der Waals surface area contributed by atoms with Crippen LogP contribution in [0.25, 0.3) is 66.9 Å². The summed E-state index contributed by atoms with van der Waals surface area (Å²) in [4.78, 5) is 0. The van der Waals surface area contributed by atoms with E-state index in [1.165, 1.54) is 77.2 Å². The lowest BCUT2D eigenvalue weighted by Crippen LogP contribution is -2.06. The molecule has 0 spiro atoms. The van der Waals surface area contributed by atoms with E-state index in [-0.39, 0.29) is 0 Å². The Bertz CT molecular complexity index is 2000. The van der Waals surface area contributed by atoms with Crippen molar-refractivity contribution in [2.75, 3.05) is 0 Å². The lowest BCUT2D eigenvalue weighted by atomic mass is 9.96. The van der Waals surface area contributed by atoms with Crippen molar-refractivity contribution < 1.29 is 0 Å². The molecule has 2 heterocycles. The van der Waals surface area contributed by atoms with Gasteiger partial charge in [0.15, 0.2) is 0 Å². The fraction of sp³-hybridized carbons (Fsp3) is 0.105. The van der Waals surface area contributed by atoms with Crippen molar-refractivity contribution in [1.29, 1.82) is 0 Å². The van der Waals surface area contributed by atoms with Crippen LogP contribution in [0.2, 0.25) is 0 Å². The highest BCUT2D eigenvalue weighted by molar-refractivity contribution is 6.16. The Morgan fingerprint density at radius 3 is 1.15 bits per heavy atom. The Morgan fingerprint density at radius 2 is 0.750 bits per heavy atom. The van der Waals surface area contributed by atoms with Gasteiger partial charge < -0.3 is 9.13 Å². The first-order chi connectivity index (χ1) is 19.9. The van der Waals surface area contributed by atoms with Gasteiger partial charge in [-0.2, -0.15) is 0 Å². The number of aromatic nitrogens is 2. The van der Waals surface area contributed by atoms with E-state index in [0.29, 0.717) is 0 Å². The van der Waals surface area contributed by atoms with Gasteiger partial charge in [-0.15, -0.1) is 0 Å². The van der Waals surface area contributed by atoms with Gasteiger partial charge in [-0.05, 0) is 61.1 Å². The Hall–Kier alpha value is -4.82. The average molecular weight is 513 g/mol. The minimum atomic E-state index is 1.08. The van der Waals surface area contributed by atoms with Crippen LogP contribution in [0.1, 0.15) is 35.4 Å². The molecule has 190 valence electrons. The van der Waals surface area contributed by atoms with Crippen LogP contribution in [0, 0.1) is 0 Å². The lowest BCUT2D eigenvalue weighted by Gasteiger charge is -2.22. The summed E-state index contributed by atoms with van der Waals surface area (Å²) >= 11 is 0. The van der Waals surface area contributed by atoms with Gasteiger partial charge in [0, 0.05) is 43.7 Å². The van der Waals surface area contributed by atoms with Crippen molar-refractivity contribution in [1.82, 2.24) is 9.13 Å². The van der Waals surface area contributed by atoms with E-state index in [1.54, 1.807) is 0 Å². The maximum Gasteiger partial charge on any atom is 0.0620 e. The third-order valence-corrected chi connectivity index (χ3v) is 9.04. The van der Waals surface area contributed by atoms with Crippen molar-refractivity contribution in [3.63, 3.8) is 0 Å². The average Bonchev–Trinajstić information content (AvgIpc) is 3.53. The largest absolute Gasteiger partial charge is 0.308 e. The minimum Gasteiger partial charge on any atom is -0.308 e. The number of fused-ring (bicyclic) bond motifs is 8. The summed E-state index contributed by atoms with van der Waals surface area (Å²) < 4.78 is 5.08. The number of hydrogen-bond donors (Lipinski definition) is 0. The highest BCUT2D eigenvalue weighted by atomic mass is 15.0. The predicted octanol–water partition coefficient (Wildman–Crippen LogP) is 9.80. The van der Waals surface area contributed by atoms with Crippen LogP contribution in [0.3, 0.4) is 0 Å². The molecule has 2 heteroatoms. The molecule has 0 aliphatic heterocycles. The number of aryl methyl sites for hydroxylation is 2. The summed E-state index contributed by atoms with van der Waals surface area (Å²) in [7, 11) is 0. The monoisotopic (exact) mass is 512 g/mol. The standard InChI is InChI=1S/C38H28N2/c1-2-18-30-29(17-1)37(39-33-21-9-5-13-25(33)26-14-6-10-22-34(26)39)31-19-3-4-20-32(31)38(30)40-35-23-11-7-15-27(35)28-16-8-12-24-36(28)40/h1-5,7,9-13,15,17-24H,6,8,14,16H2. The van der Waals surface area contributed by atoms with Gasteiger partial charge in [-0.25, -0.2) is 0 Å². The second-order valence-electron chi connectivity index (χ2n) is 11.1. The molecule has 0 saturated heterocycles. The first-order valence-corrected chi connectivity index (χ1v) is 14.4. The lowest BCUT2D eigenvalue weighted by molar-refractivity contribution is 0.969. The van der Waals surface area contributed by atoms with Crippen LogP contribution in [0.15, 0.2) is 109 Å². The minimum absolute atomic E-state index is 1.08. The van der Waals surface area contributed by atoms with Crippen molar-refractivity contribution in [3.05, 3.63) is 132 Å². The highest BCUT2D eigenvalue weighted by Gasteiger charge is 2.25. The predicted molar refractivity (Wildman–Crippen MR) is 170 cm³/mol. The molecule has 40 heavy (non-hydrogen) atoms. The maximum atomic E-state index is 2.54. The zero-order valence-electron chi connectivity index (χ0n) is 22.3. The summed E-state index contributed by atoms with van der Waals surface area (Å²) in [6.07, 6.45) is 13.7. The number of allylic oxidation sites excluding steroid dienone is 2. The van der Waals surface area contributed by atoms with Gasteiger partial charge in [0.05, 0.1) is 22.4 Å². The molecule has 0 atom stereocenters. The van der Waals surface area contributed by atoms with Gasteiger partial charge in [0.2, 0.25) is 0 Å². The van der Waals surface area contributed by atoms with Crippen molar-refractivity contribution in [3.8, 4) is 11.4 Å². The number of hydrogen-bond acceptors (Lipinski definition) is 0. The Morgan fingerprint density at radius 1 is 0.400 bits per heavy atom. The number of para-hydroxylation sites is 2. The third kappa shape index (κ3) is 2.88. The number of benzene rings is 5. The van der Waals surface area contributed by atoms with E-state index < -0.39 is 0 Å². The molecule has 0 fully saturated rings. The molecule has 5 aromatic carbocycles. The van der Waals surface area contributed by atoms with Gasteiger partial charge >= 0.3 is 0 Å². The van der Waals surface area contributed by atoms with Crippen molar-refractivity contribution in [2.24, 2.45) is 0 Å². The molecule has 2 aliphatic carbocycles. The molecule has 0 amide bonds. The molecular weight excluding hydrogens is 484 g/mol. The first kappa shape index (κ1) is 22.0. The van der Waals surface area contributed by atoms with E-state index in [2.05, 4.69) is 131 Å². The second kappa shape index (κ2) is 8.34. The van der Waals surface area contributed by atoms with E-state index in [9.17, 15) is 0 Å². The van der Waals surface area contributed by atoms with Crippen LogP contribution in [0.5, 0.6) is 0 Å². The van der Waals surface area contributed by atoms with E-state index in [1.807, 2.05) is 0 Å². The SMILES string of the molecule is C1=Cc2c(c3ccccc3n2-c2c3ccccc3c(-n3c4c(c5ccccc53)CCC=C4)c3ccccc23)CC1. The van der Waals surface area contributed by atoms with Gasteiger partial charge in [0.25, 0.3) is 0 Å². The molecule has 2 aromatic heterocycles. The zero-order chi connectivity index (χ0) is 26.2. The highest BCUT2D eigenvalue weighted by Crippen LogP contribution is 2.44. The van der Waals surface area contributed by atoms with Crippen molar-refractivity contribution in [2.45, 2.75) is 25.7 Å². The molecule has 9 rings (SSSR count). The van der Waals surface area contributed by atoms with Gasteiger partial charge in [0.1, 0.15) is 0 Å². The van der Waals surface area contributed by atoms with Crippen LogP contribution in [-0.2, 0) is 12.8 Å². The van der Waals surface area contributed by atoms with Crippen LogP contribution in [0.4, 0.5) is 0 Å². The van der Waals surface area contributed by atoms with Gasteiger partial charge in [-0.1, -0.05) is 97.1 Å². The van der Waals surface area contributed by atoms with E-state index in [0.717, 1.165) is 25.7 Å². The fourth-order valence-electron chi connectivity index (χ4n) is 7.42. The third-order valence-electron chi connectivity index (χ3n) is 9.04. The first-order valence-electron chi connectivity index (χ1n) is 14.4. The fourth-order valence-corrected chi connectivity index (χ4v) is 7.42. The smallest absolute Gasteiger partial charge is 0.0620 e. The zero-order valence-corrected chi connectivity index (χ0v) is 22.3. The van der Waals surface area contributed by atoms with E-state index >= 15 is 0 Å². The Balaban J connectivity index is 1.50. The number of nitrogens with zero attached hydrogens (tertiary/aromatic N) is 2. The quantitative estimate of drug-likeness (QED) is 0.204. The molecule has 0 N–H and O–H groups in total. The summed E-state index contributed by atoms with van der Waals surface area (Å²) in [6.45, 7) is 0. The van der Waals surface area contributed by atoms with Crippen LogP contribution in [-0.4, -0.2) is 9.13 Å². The normalized spacial score (nSPS) is 14.4. The molecular formula is C38H28N2. The molecule has 0 radical (unpaired) electrons. The Labute approximate surface area is 233 Å². The summed E-state index contributed by atoms with van der Waals surface area (Å²) in [5.41, 5.74) is 10.7. The van der Waals surface area contributed by atoms with Crippen LogP contribution >= 0.6 is 0 Å². The second-order valence-corrected chi connectivity index (χ2v) is 11.1. The molecule has 0 bridgehead atoms. The molecule has 0 unspecified atom stereocenters. The summed E-state index contributed by atoms with van der Waals surface area (Å²) in [6, 6.07) is 36.0. The van der Waals surface area contributed by atoms with Crippen molar-refractivity contribution >= 4 is 55.5 Å². The molecule has 2 nitrogen and oxygen atoms in total. The summed E-state index contributed by atoms with van der Waals surface area (Å²) in [5, 5.41) is 7.87. The molecule has 7 aromatic rings. The Kier molecular flexibility index (Phi) is 4.59. The van der Waals surface area contributed by atoms with Crippen LogP contribution < -0.4 is 0 Å². The van der Waals surface area contributed by atoms with Gasteiger partial charge in [-0.3, -0.25) is 0 Å².